The third-order valence-electron chi connectivity index (χ3n) is 5.84. The van der Waals surface area contributed by atoms with Crippen LogP contribution in [0.3, 0.4) is 0 Å². The molecule has 2 heterocycles. The summed E-state index contributed by atoms with van der Waals surface area (Å²) >= 11 is 0. The van der Waals surface area contributed by atoms with Crippen LogP contribution < -0.4 is 9.21 Å². The summed E-state index contributed by atoms with van der Waals surface area (Å²) in [7, 11) is -3.63. The lowest BCUT2D eigenvalue weighted by Gasteiger charge is -2.25. The van der Waals surface area contributed by atoms with E-state index in [1.54, 1.807) is 16.4 Å². The fraction of sp³-hybridized carbons (Fsp3) is 0.381. The number of nitrogens with zero attached hydrogens (tertiary/aromatic N) is 2. The number of hydrogen-bond acceptors (Lipinski definition) is 3. The van der Waals surface area contributed by atoms with Crippen LogP contribution >= 0.6 is 0 Å². The molecule has 2 aromatic rings. The van der Waals surface area contributed by atoms with Crippen LogP contribution in [-0.2, 0) is 27.7 Å². The summed E-state index contributed by atoms with van der Waals surface area (Å²) in [5.74, 6) is 0.354. The Morgan fingerprint density at radius 2 is 1.81 bits per heavy atom. The molecule has 0 radical (unpaired) electrons. The van der Waals surface area contributed by atoms with E-state index in [-0.39, 0.29) is 17.9 Å². The van der Waals surface area contributed by atoms with Gasteiger partial charge in [-0.3, -0.25) is 9.10 Å². The first-order valence-electron chi connectivity index (χ1n) is 9.53. The number of para-hydroxylation sites is 1. The molecule has 1 atom stereocenters. The average molecular weight is 382 g/mol. The zero-order valence-corrected chi connectivity index (χ0v) is 16.1. The quantitative estimate of drug-likeness (QED) is 0.820. The Kier molecular flexibility index (Phi) is 3.63. The van der Waals surface area contributed by atoms with Gasteiger partial charge < -0.3 is 4.90 Å². The third kappa shape index (κ3) is 2.57. The largest absolute Gasteiger partial charge is 0.312 e. The highest BCUT2D eigenvalue weighted by molar-refractivity contribution is 7.92. The molecule has 1 aliphatic carbocycles. The van der Waals surface area contributed by atoms with E-state index in [2.05, 4.69) is 0 Å². The van der Waals surface area contributed by atoms with E-state index in [1.807, 2.05) is 42.2 Å². The smallest absolute Gasteiger partial charge is 0.264 e. The standard InChI is InChI=1S/C21H22N2O3S/c1-14-12-16-4-2-3-5-20(16)23(14)27(25,26)18-8-9-19-17(13-18)10-11-22(19)21(24)15-6-7-15/h2-5,8-9,13-15H,6-7,10-12H2,1H3/t14-/m1/s1. The van der Waals surface area contributed by atoms with Gasteiger partial charge >= 0.3 is 0 Å². The predicted molar refractivity (Wildman–Crippen MR) is 104 cm³/mol. The first-order valence-corrected chi connectivity index (χ1v) is 11.0. The summed E-state index contributed by atoms with van der Waals surface area (Å²) in [4.78, 5) is 14.6. The summed E-state index contributed by atoms with van der Waals surface area (Å²) < 4.78 is 28.3. The van der Waals surface area contributed by atoms with Gasteiger partial charge in [0.1, 0.15) is 0 Å². The van der Waals surface area contributed by atoms with Gasteiger partial charge in [0, 0.05) is 24.2 Å². The Labute approximate surface area is 159 Å². The van der Waals surface area contributed by atoms with Gasteiger partial charge in [0.25, 0.3) is 10.0 Å². The predicted octanol–water partition coefficient (Wildman–Crippen LogP) is 3.13. The van der Waals surface area contributed by atoms with Crippen molar-refractivity contribution in [2.45, 2.75) is 43.5 Å². The second kappa shape index (κ2) is 5.83. The minimum absolute atomic E-state index is 0.103. The second-order valence-corrected chi connectivity index (χ2v) is 9.60. The fourth-order valence-electron chi connectivity index (χ4n) is 4.34. The van der Waals surface area contributed by atoms with Gasteiger partial charge in [-0.15, -0.1) is 0 Å². The number of fused-ring (bicyclic) bond motifs is 2. The summed E-state index contributed by atoms with van der Waals surface area (Å²) in [6.45, 7) is 2.60. The van der Waals surface area contributed by atoms with Gasteiger partial charge in [0.15, 0.2) is 0 Å². The number of anilines is 2. The lowest BCUT2D eigenvalue weighted by Crippen LogP contribution is -2.35. The maximum atomic E-state index is 13.4. The molecule has 5 rings (SSSR count). The zero-order valence-electron chi connectivity index (χ0n) is 15.3. The van der Waals surface area contributed by atoms with Gasteiger partial charge in [-0.05, 0) is 68.0 Å². The number of carbonyl (C=O) groups is 1. The number of rotatable bonds is 3. The Balaban J connectivity index is 1.51. The van der Waals surface area contributed by atoms with E-state index in [0.717, 1.165) is 41.8 Å². The highest BCUT2D eigenvalue weighted by Gasteiger charge is 2.39. The van der Waals surface area contributed by atoms with Crippen molar-refractivity contribution in [3.8, 4) is 0 Å². The van der Waals surface area contributed by atoms with Crippen LogP contribution in [0.4, 0.5) is 11.4 Å². The second-order valence-electron chi connectivity index (χ2n) is 7.79. The minimum atomic E-state index is -3.63. The first-order chi connectivity index (χ1) is 13.0. The molecule has 0 bridgehead atoms. The number of hydrogen-bond donors (Lipinski definition) is 0. The van der Waals surface area contributed by atoms with E-state index in [0.29, 0.717) is 17.9 Å². The van der Waals surface area contributed by atoms with Crippen molar-refractivity contribution >= 4 is 27.3 Å². The van der Waals surface area contributed by atoms with Crippen LogP contribution in [0.1, 0.15) is 30.9 Å². The number of amides is 1. The molecule has 6 heteroatoms. The van der Waals surface area contributed by atoms with Crippen molar-refractivity contribution in [2.75, 3.05) is 15.7 Å². The van der Waals surface area contributed by atoms with Crippen molar-refractivity contribution in [1.29, 1.82) is 0 Å². The zero-order chi connectivity index (χ0) is 18.8. The van der Waals surface area contributed by atoms with Crippen molar-refractivity contribution in [3.05, 3.63) is 53.6 Å². The Morgan fingerprint density at radius 1 is 1.04 bits per heavy atom. The summed E-state index contributed by atoms with van der Waals surface area (Å²) in [5.41, 5.74) is 3.66. The molecule has 2 aromatic carbocycles. The molecule has 0 unspecified atom stereocenters. The van der Waals surface area contributed by atoms with Crippen molar-refractivity contribution in [2.24, 2.45) is 5.92 Å². The topological polar surface area (TPSA) is 57.7 Å². The molecule has 0 spiro atoms. The van der Waals surface area contributed by atoms with E-state index < -0.39 is 10.0 Å². The van der Waals surface area contributed by atoms with Gasteiger partial charge in [-0.2, -0.15) is 0 Å². The Hall–Kier alpha value is -2.34. The van der Waals surface area contributed by atoms with Gasteiger partial charge in [0.2, 0.25) is 5.91 Å². The van der Waals surface area contributed by atoms with Crippen LogP contribution in [0.2, 0.25) is 0 Å². The maximum absolute atomic E-state index is 13.4. The molecule has 1 fully saturated rings. The molecule has 3 aliphatic rings. The van der Waals surface area contributed by atoms with Crippen LogP contribution in [0.25, 0.3) is 0 Å². The highest BCUT2D eigenvalue weighted by atomic mass is 32.2. The molecule has 140 valence electrons. The lowest BCUT2D eigenvalue weighted by atomic mass is 10.1. The maximum Gasteiger partial charge on any atom is 0.264 e. The first kappa shape index (κ1) is 16.8. The molecular weight excluding hydrogens is 360 g/mol. The molecule has 0 saturated heterocycles. The molecule has 1 saturated carbocycles. The molecule has 1 amide bonds. The Bertz CT molecular complexity index is 1040. The monoisotopic (exact) mass is 382 g/mol. The molecule has 2 aliphatic heterocycles. The van der Waals surface area contributed by atoms with E-state index in [9.17, 15) is 13.2 Å². The summed E-state index contributed by atoms with van der Waals surface area (Å²) in [6, 6.07) is 12.8. The van der Waals surface area contributed by atoms with E-state index >= 15 is 0 Å². The normalized spacial score (nSPS) is 21.3. The third-order valence-corrected chi connectivity index (χ3v) is 7.76. The van der Waals surface area contributed by atoms with Crippen LogP contribution in [0, 0.1) is 5.92 Å². The lowest BCUT2D eigenvalue weighted by molar-refractivity contribution is -0.119. The van der Waals surface area contributed by atoms with Gasteiger partial charge in [-0.25, -0.2) is 8.42 Å². The van der Waals surface area contributed by atoms with Crippen LogP contribution in [0.15, 0.2) is 47.4 Å². The van der Waals surface area contributed by atoms with Gasteiger partial charge in [0.05, 0.1) is 10.6 Å². The van der Waals surface area contributed by atoms with E-state index in [4.69, 9.17) is 0 Å². The summed E-state index contributed by atoms with van der Waals surface area (Å²) in [6.07, 6.45) is 3.39. The molecule has 5 nitrogen and oxygen atoms in total. The summed E-state index contributed by atoms with van der Waals surface area (Å²) in [5, 5.41) is 0. The molecule has 0 N–H and O–H groups in total. The average Bonchev–Trinajstić information content (AvgIpc) is 3.32. The van der Waals surface area contributed by atoms with Crippen molar-refractivity contribution in [3.63, 3.8) is 0 Å². The Morgan fingerprint density at radius 3 is 2.59 bits per heavy atom. The van der Waals surface area contributed by atoms with Crippen molar-refractivity contribution < 1.29 is 13.2 Å². The molecule has 0 aromatic heterocycles. The highest BCUT2D eigenvalue weighted by Crippen LogP contribution is 2.40. The molecular formula is C21H22N2O3S. The number of sulfonamides is 1. The van der Waals surface area contributed by atoms with Crippen LogP contribution in [-0.4, -0.2) is 26.9 Å². The van der Waals surface area contributed by atoms with Crippen molar-refractivity contribution in [1.82, 2.24) is 0 Å². The number of carbonyl (C=O) groups excluding carboxylic acids is 1. The SMILES string of the molecule is C[C@@H]1Cc2ccccc2N1S(=O)(=O)c1ccc2c(c1)CCN2C(=O)C1CC1. The molecule has 27 heavy (non-hydrogen) atoms. The fourth-order valence-corrected chi connectivity index (χ4v) is 6.08. The van der Waals surface area contributed by atoms with Crippen LogP contribution in [0.5, 0.6) is 0 Å². The van der Waals surface area contributed by atoms with E-state index in [1.165, 1.54) is 0 Å². The minimum Gasteiger partial charge on any atom is -0.312 e. The number of benzene rings is 2. The van der Waals surface area contributed by atoms with Gasteiger partial charge in [-0.1, -0.05) is 18.2 Å².